The number of benzene rings is 4. The molecule has 5 aromatic rings. The number of hydrogen-bond donors (Lipinski definition) is 0. The topological polar surface area (TPSA) is 50.1 Å². The van der Waals surface area contributed by atoms with E-state index < -0.39 is 0 Å². The Morgan fingerprint density at radius 3 is 1.36 bits per heavy atom. The average molecular weight is 440 g/mol. The lowest BCUT2D eigenvalue weighted by Crippen LogP contribution is -1.98. The highest BCUT2D eigenvalue weighted by Crippen LogP contribution is 2.42. The Kier molecular flexibility index (Phi) is 5.77. The zero-order valence-corrected chi connectivity index (χ0v) is 18.5. The van der Waals surface area contributed by atoms with Gasteiger partial charge >= 0.3 is 0 Å². The lowest BCUT2D eigenvalue weighted by atomic mass is 10.1. The van der Waals surface area contributed by atoms with Gasteiger partial charge in [-0.25, -0.2) is 0 Å². The molecule has 1 heterocycles. The van der Waals surface area contributed by atoms with Gasteiger partial charge in [0.05, 0.1) is 14.2 Å². The van der Waals surface area contributed by atoms with Gasteiger partial charge in [0.2, 0.25) is 0 Å². The summed E-state index contributed by atoms with van der Waals surface area (Å²) in [5.41, 5.74) is 3.57. The molecular formula is C28H24O5. The predicted octanol–water partition coefficient (Wildman–Crippen LogP) is 6.76. The second-order valence-electron chi connectivity index (χ2n) is 7.65. The number of furan rings is 1. The fraction of sp³-hybridized carbons (Fsp3) is 0.143. The second-order valence-corrected chi connectivity index (χ2v) is 7.65. The summed E-state index contributed by atoms with van der Waals surface area (Å²) in [5, 5.41) is 1.84. The van der Waals surface area contributed by atoms with Crippen LogP contribution in [0.15, 0.2) is 89.3 Å². The zero-order valence-electron chi connectivity index (χ0n) is 18.5. The van der Waals surface area contributed by atoms with Gasteiger partial charge < -0.3 is 23.4 Å². The molecule has 0 atom stereocenters. The van der Waals surface area contributed by atoms with Crippen LogP contribution in [0.1, 0.15) is 11.1 Å². The number of methoxy groups -OCH3 is 2. The van der Waals surface area contributed by atoms with E-state index in [2.05, 4.69) is 0 Å². The van der Waals surface area contributed by atoms with Crippen LogP contribution in [-0.2, 0) is 13.2 Å². The maximum atomic E-state index is 6.10. The molecule has 166 valence electrons. The van der Waals surface area contributed by atoms with Crippen molar-refractivity contribution in [2.45, 2.75) is 13.2 Å². The molecule has 0 unspecified atom stereocenters. The molecule has 0 amide bonds. The molecule has 4 aromatic carbocycles. The normalized spacial score (nSPS) is 11.0. The van der Waals surface area contributed by atoms with Gasteiger partial charge in [0, 0.05) is 22.9 Å². The quantitative estimate of drug-likeness (QED) is 0.267. The SMILES string of the molecule is COc1cc2oc3cc(OC)c(OCc4ccccc4)cc3c2cc1OCc1ccccc1. The van der Waals surface area contributed by atoms with E-state index in [1.54, 1.807) is 14.2 Å². The number of fused-ring (bicyclic) bond motifs is 3. The maximum absolute atomic E-state index is 6.10. The average Bonchev–Trinajstić information content (AvgIpc) is 3.22. The van der Waals surface area contributed by atoms with Gasteiger partial charge in [-0.3, -0.25) is 0 Å². The van der Waals surface area contributed by atoms with E-state index in [-0.39, 0.29) is 0 Å². The highest BCUT2D eigenvalue weighted by molar-refractivity contribution is 6.07. The van der Waals surface area contributed by atoms with E-state index in [0.717, 1.165) is 21.9 Å². The van der Waals surface area contributed by atoms with Gasteiger partial charge in [-0.15, -0.1) is 0 Å². The summed E-state index contributed by atoms with van der Waals surface area (Å²) in [6, 6.07) is 27.7. The van der Waals surface area contributed by atoms with Gasteiger partial charge in [-0.2, -0.15) is 0 Å². The van der Waals surface area contributed by atoms with Crippen molar-refractivity contribution in [3.05, 3.63) is 96.1 Å². The Morgan fingerprint density at radius 1 is 0.545 bits per heavy atom. The van der Waals surface area contributed by atoms with Gasteiger partial charge in [-0.05, 0) is 23.3 Å². The fourth-order valence-corrected chi connectivity index (χ4v) is 3.81. The summed E-state index contributed by atoms with van der Waals surface area (Å²) in [4.78, 5) is 0. The summed E-state index contributed by atoms with van der Waals surface area (Å²) in [7, 11) is 3.25. The first-order valence-electron chi connectivity index (χ1n) is 10.7. The minimum absolute atomic E-state index is 0.442. The lowest BCUT2D eigenvalue weighted by molar-refractivity contribution is 0.285. The molecule has 0 aliphatic rings. The van der Waals surface area contributed by atoms with E-state index >= 15 is 0 Å². The highest BCUT2D eigenvalue weighted by atomic mass is 16.5. The molecule has 5 heteroatoms. The van der Waals surface area contributed by atoms with Crippen LogP contribution in [0.2, 0.25) is 0 Å². The molecule has 0 aliphatic carbocycles. The Balaban J connectivity index is 1.52. The third-order valence-electron chi connectivity index (χ3n) is 5.52. The maximum Gasteiger partial charge on any atom is 0.164 e. The molecule has 0 radical (unpaired) electrons. The molecule has 1 aromatic heterocycles. The second kappa shape index (κ2) is 9.17. The van der Waals surface area contributed by atoms with E-state index in [4.69, 9.17) is 23.4 Å². The molecule has 0 aliphatic heterocycles. The van der Waals surface area contributed by atoms with Crippen LogP contribution in [0.25, 0.3) is 21.9 Å². The van der Waals surface area contributed by atoms with E-state index in [0.29, 0.717) is 47.4 Å². The van der Waals surface area contributed by atoms with E-state index in [1.165, 1.54) is 0 Å². The van der Waals surface area contributed by atoms with Gasteiger partial charge in [0.1, 0.15) is 24.4 Å². The molecule has 0 saturated carbocycles. The van der Waals surface area contributed by atoms with Crippen molar-refractivity contribution >= 4 is 21.9 Å². The van der Waals surface area contributed by atoms with Crippen LogP contribution in [0.3, 0.4) is 0 Å². The summed E-state index contributed by atoms with van der Waals surface area (Å²) in [5.74, 6) is 2.54. The first-order valence-corrected chi connectivity index (χ1v) is 10.7. The van der Waals surface area contributed by atoms with Crippen LogP contribution >= 0.6 is 0 Å². The Hall–Kier alpha value is -4.12. The first-order chi connectivity index (χ1) is 16.2. The van der Waals surface area contributed by atoms with Crippen molar-refractivity contribution in [3.63, 3.8) is 0 Å². The van der Waals surface area contributed by atoms with Crippen molar-refractivity contribution < 1.29 is 23.4 Å². The van der Waals surface area contributed by atoms with Crippen molar-refractivity contribution in [2.75, 3.05) is 14.2 Å². The molecular weight excluding hydrogens is 416 g/mol. The molecule has 0 bridgehead atoms. The fourth-order valence-electron chi connectivity index (χ4n) is 3.81. The number of ether oxygens (including phenoxy) is 4. The van der Waals surface area contributed by atoms with Crippen molar-refractivity contribution in [3.8, 4) is 23.0 Å². The summed E-state index contributed by atoms with van der Waals surface area (Å²) in [6.07, 6.45) is 0. The number of hydrogen-bond acceptors (Lipinski definition) is 5. The predicted molar refractivity (Wildman–Crippen MR) is 128 cm³/mol. The van der Waals surface area contributed by atoms with Crippen molar-refractivity contribution in [1.82, 2.24) is 0 Å². The number of rotatable bonds is 8. The molecule has 0 saturated heterocycles. The Morgan fingerprint density at radius 2 is 0.970 bits per heavy atom. The van der Waals surface area contributed by atoms with Crippen LogP contribution in [0, 0.1) is 0 Å². The van der Waals surface area contributed by atoms with Gasteiger partial charge in [0.25, 0.3) is 0 Å². The minimum atomic E-state index is 0.442. The first kappa shape index (κ1) is 20.8. The van der Waals surface area contributed by atoms with Crippen LogP contribution in [0.4, 0.5) is 0 Å². The molecule has 5 nitrogen and oxygen atoms in total. The third-order valence-corrected chi connectivity index (χ3v) is 5.52. The highest BCUT2D eigenvalue weighted by Gasteiger charge is 2.17. The molecule has 5 rings (SSSR count). The smallest absolute Gasteiger partial charge is 0.164 e. The van der Waals surface area contributed by atoms with Crippen molar-refractivity contribution in [1.29, 1.82) is 0 Å². The standard InChI is InChI=1S/C28H24O5/c1-29-25-15-23-21(13-27(25)31-17-19-9-5-3-6-10-19)22-14-28(26(30-2)16-24(22)33-23)32-18-20-11-7-4-8-12-20/h3-16H,17-18H2,1-2H3. The summed E-state index contributed by atoms with van der Waals surface area (Å²) >= 11 is 0. The van der Waals surface area contributed by atoms with Crippen LogP contribution in [-0.4, -0.2) is 14.2 Å². The molecule has 0 fully saturated rings. The Bertz CT molecular complexity index is 1270. The van der Waals surface area contributed by atoms with E-state index in [9.17, 15) is 0 Å². The Labute approximate surface area is 192 Å². The monoisotopic (exact) mass is 440 g/mol. The molecule has 0 spiro atoms. The van der Waals surface area contributed by atoms with Gasteiger partial charge in [-0.1, -0.05) is 60.7 Å². The molecule has 33 heavy (non-hydrogen) atoms. The molecule has 0 N–H and O–H groups in total. The minimum Gasteiger partial charge on any atom is -0.493 e. The lowest BCUT2D eigenvalue weighted by Gasteiger charge is -2.11. The largest absolute Gasteiger partial charge is 0.493 e. The summed E-state index contributed by atoms with van der Waals surface area (Å²) in [6.45, 7) is 0.884. The van der Waals surface area contributed by atoms with Crippen molar-refractivity contribution in [2.24, 2.45) is 0 Å². The van der Waals surface area contributed by atoms with Crippen LogP contribution in [0.5, 0.6) is 23.0 Å². The zero-order chi connectivity index (χ0) is 22.6. The van der Waals surface area contributed by atoms with E-state index in [1.807, 2.05) is 84.9 Å². The third kappa shape index (κ3) is 4.30. The van der Waals surface area contributed by atoms with Gasteiger partial charge in [0.15, 0.2) is 23.0 Å². The summed E-state index contributed by atoms with van der Waals surface area (Å²) < 4.78 is 29.4. The van der Waals surface area contributed by atoms with Crippen LogP contribution < -0.4 is 18.9 Å².